The van der Waals surface area contributed by atoms with E-state index < -0.39 is 17.8 Å². The fourth-order valence-electron chi connectivity index (χ4n) is 4.34. The lowest BCUT2D eigenvalue weighted by Gasteiger charge is -2.15. The van der Waals surface area contributed by atoms with E-state index in [1.54, 1.807) is 91.0 Å². The zero-order valence-electron chi connectivity index (χ0n) is 26.1. The van der Waals surface area contributed by atoms with Crippen LogP contribution in [-0.2, 0) is 14.3 Å². The molecule has 47 heavy (non-hydrogen) atoms. The third-order valence-electron chi connectivity index (χ3n) is 6.63. The van der Waals surface area contributed by atoms with Gasteiger partial charge in [0.2, 0.25) is 5.91 Å². The first-order valence-electron chi connectivity index (χ1n) is 14.2. The van der Waals surface area contributed by atoms with E-state index >= 15 is 0 Å². The van der Waals surface area contributed by atoms with Crippen molar-refractivity contribution in [1.82, 2.24) is 5.32 Å². The first kappa shape index (κ1) is 34.1. The maximum Gasteiger partial charge on any atom is 0.339 e. The predicted octanol–water partition coefficient (Wildman–Crippen LogP) is 5.64. The van der Waals surface area contributed by atoms with E-state index in [1.807, 2.05) is 0 Å². The highest BCUT2D eigenvalue weighted by atomic mass is 32.2. The second kappa shape index (κ2) is 16.5. The van der Waals surface area contributed by atoms with Crippen molar-refractivity contribution in [3.8, 4) is 17.2 Å². The quantitative estimate of drug-likeness (QED) is 0.0948. The van der Waals surface area contributed by atoms with Crippen LogP contribution in [0.3, 0.4) is 0 Å². The van der Waals surface area contributed by atoms with E-state index in [2.05, 4.69) is 16.0 Å². The number of rotatable bonds is 13. The highest BCUT2D eigenvalue weighted by molar-refractivity contribution is 8.00. The number of hydrogen-bond acceptors (Lipinski definition) is 9. The number of ether oxygens (including phenoxy) is 4. The van der Waals surface area contributed by atoms with Crippen LogP contribution in [0.5, 0.6) is 17.2 Å². The monoisotopic (exact) mass is 655 g/mol. The molecule has 0 aliphatic heterocycles. The lowest BCUT2D eigenvalue weighted by Crippen LogP contribution is -2.30. The highest BCUT2D eigenvalue weighted by Crippen LogP contribution is 2.35. The molecule has 0 radical (unpaired) electrons. The third kappa shape index (κ3) is 9.14. The van der Waals surface area contributed by atoms with Gasteiger partial charge in [-0.25, -0.2) is 4.79 Å². The van der Waals surface area contributed by atoms with Gasteiger partial charge in [0.05, 0.1) is 45.4 Å². The molecule has 242 valence electrons. The normalized spacial score (nSPS) is 10.8. The number of nitrogens with one attached hydrogen (secondary N) is 3. The van der Waals surface area contributed by atoms with Gasteiger partial charge in [-0.15, -0.1) is 11.8 Å². The molecule has 0 aliphatic carbocycles. The lowest BCUT2D eigenvalue weighted by atomic mass is 10.1. The topological polar surface area (TPSA) is 141 Å². The van der Waals surface area contributed by atoms with Crippen LogP contribution in [0, 0.1) is 0 Å². The zero-order chi connectivity index (χ0) is 33.8. The van der Waals surface area contributed by atoms with Gasteiger partial charge in [-0.2, -0.15) is 0 Å². The van der Waals surface area contributed by atoms with Crippen LogP contribution in [0.2, 0.25) is 0 Å². The molecular weight excluding hydrogens is 622 g/mol. The summed E-state index contributed by atoms with van der Waals surface area (Å²) in [4.78, 5) is 52.2. The lowest BCUT2D eigenvalue weighted by molar-refractivity contribution is -0.114. The molecule has 0 unspecified atom stereocenters. The molecule has 0 atom stereocenters. The average Bonchev–Trinajstić information content (AvgIpc) is 3.10. The maximum absolute atomic E-state index is 13.7. The first-order chi connectivity index (χ1) is 22.8. The molecule has 12 heteroatoms. The Kier molecular flexibility index (Phi) is 12.0. The summed E-state index contributed by atoms with van der Waals surface area (Å²) in [7, 11) is 5.72. The summed E-state index contributed by atoms with van der Waals surface area (Å²) in [5, 5.41) is 8.26. The van der Waals surface area contributed by atoms with Gasteiger partial charge in [0.1, 0.15) is 11.4 Å². The summed E-state index contributed by atoms with van der Waals surface area (Å²) in [5.74, 6) is -0.750. The van der Waals surface area contributed by atoms with Gasteiger partial charge < -0.3 is 34.9 Å². The fraction of sp³-hybridized carbons (Fsp3) is 0.143. The molecule has 0 heterocycles. The van der Waals surface area contributed by atoms with Crippen molar-refractivity contribution >= 4 is 52.9 Å². The Balaban J connectivity index is 1.54. The molecule has 4 rings (SSSR count). The third-order valence-corrected chi connectivity index (χ3v) is 7.63. The van der Waals surface area contributed by atoms with Crippen LogP contribution in [-0.4, -0.2) is 57.9 Å². The minimum Gasteiger partial charge on any atom is -0.496 e. The van der Waals surface area contributed by atoms with Crippen molar-refractivity contribution in [2.24, 2.45) is 0 Å². The van der Waals surface area contributed by atoms with E-state index in [0.29, 0.717) is 44.6 Å². The number of amides is 3. The van der Waals surface area contributed by atoms with Crippen LogP contribution in [0.4, 0.5) is 11.4 Å². The Morgan fingerprint density at radius 1 is 0.723 bits per heavy atom. The Hall–Kier alpha value is -5.75. The Morgan fingerprint density at radius 3 is 2.11 bits per heavy atom. The second-order valence-electron chi connectivity index (χ2n) is 9.68. The Labute approximate surface area is 276 Å². The summed E-state index contributed by atoms with van der Waals surface area (Å²) in [5.41, 5.74) is 1.76. The van der Waals surface area contributed by atoms with Gasteiger partial charge in [-0.05, 0) is 54.6 Å². The van der Waals surface area contributed by atoms with Crippen molar-refractivity contribution < 1.29 is 38.1 Å². The fourth-order valence-corrected chi connectivity index (χ4v) is 5.10. The molecule has 11 nitrogen and oxygen atoms in total. The van der Waals surface area contributed by atoms with Gasteiger partial charge >= 0.3 is 5.97 Å². The van der Waals surface area contributed by atoms with Crippen molar-refractivity contribution in [2.45, 2.75) is 4.90 Å². The number of carbonyl (C=O) groups is 4. The molecule has 0 bridgehead atoms. The molecule has 3 amide bonds. The Bertz CT molecular complexity index is 1790. The number of para-hydroxylation sites is 1. The van der Waals surface area contributed by atoms with Crippen LogP contribution < -0.4 is 30.2 Å². The van der Waals surface area contributed by atoms with Crippen molar-refractivity contribution in [3.05, 3.63) is 113 Å². The molecule has 0 aromatic heterocycles. The van der Waals surface area contributed by atoms with Crippen LogP contribution in [0.25, 0.3) is 6.08 Å². The molecule has 0 aliphatic rings. The predicted molar refractivity (Wildman–Crippen MR) is 180 cm³/mol. The van der Waals surface area contributed by atoms with Crippen molar-refractivity contribution in [2.75, 3.05) is 44.8 Å². The van der Waals surface area contributed by atoms with Gasteiger partial charge in [0.15, 0.2) is 11.5 Å². The molecular formula is C35H33N3O8S. The zero-order valence-corrected chi connectivity index (χ0v) is 26.9. The number of anilines is 2. The summed E-state index contributed by atoms with van der Waals surface area (Å²) in [6.45, 7) is 0. The number of benzene rings is 4. The largest absolute Gasteiger partial charge is 0.496 e. The first-order valence-corrected chi connectivity index (χ1v) is 15.1. The smallest absolute Gasteiger partial charge is 0.339 e. The summed E-state index contributed by atoms with van der Waals surface area (Å²) in [6.07, 6.45) is 1.48. The molecule has 0 spiro atoms. The molecule has 4 aromatic carbocycles. The molecule has 0 saturated heterocycles. The maximum atomic E-state index is 13.7. The number of hydrogen-bond donors (Lipinski definition) is 3. The van der Waals surface area contributed by atoms with E-state index in [4.69, 9.17) is 18.9 Å². The molecule has 4 aromatic rings. The van der Waals surface area contributed by atoms with Gasteiger partial charge in [-0.3, -0.25) is 14.4 Å². The minimum absolute atomic E-state index is 0.0320. The summed E-state index contributed by atoms with van der Waals surface area (Å²) >= 11 is 1.23. The number of carbonyl (C=O) groups excluding carboxylic acids is 4. The van der Waals surface area contributed by atoms with Crippen LogP contribution in [0.15, 0.2) is 102 Å². The van der Waals surface area contributed by atoms with Crippen LogP contribution in [0.1, 0.15) is 26.3 Å². The molecule has 0 fully saturated rings. The van der Waals surface area contributed by atoms with E-state index in [1.165, 1.54) is 46.3 Å². The van der Waals surface area contributed by atoms with Crippen LogP contribution >= 0.6 is 11.8 Å². The SMILES string of the molecule is COC(=O)c1ccccc1NC(=O)CSc1cccc(NC(=O)/C(=C\c2cc(OC)c(OC)cc2OC)NC(=O)c2ccccc2)c1. The van der Waals surface area contributed by atoms with E-state index in [-0.39, 0.29) is 22.9 Å². The van der Waals surface area contributed by atoms with Crippen molar-refractivity contribution in [1.29, 1.82) is 0 Å². The summed E-state index contributed by atoms with van der Waals surface area (Å²) in [6, 6.07) is 25.2. The standard InChI is InChI=1S/C35H33N3O8S/c1-43-29-20-31(45-3)30(44-2)18-23(29)17-28(38-33(40)22-11-6-5-7-12-22)34(41)36-24-13-10-14-25(19-24)47-21-32(39)37-27-16-9-8-15-26(27)35(42)46-4/h5-20H,21H2,1-4H3,(H,36,41)(H,37,39)(H,38,40)/b28-17+. The molecule has 0 saturated carbocycles. The Morgan fingerprint density at radius 2 is 1.40 bits per heavy atom. The number of esters is 1. The second-order valence-corrected chi connectivity index (χ2v) is 10.7. The van der Waals surface area contributed by atoms with E-state index in [0.717, 1.165) is 0 Å². The van der Waals surface area contributed by atoms with Crippen molar-refractivity contribution in [3.63, 3.8) is 0 Å². The average molecular weight is 656 g/mol. The highest BCUT2D eigenvalue weighted by Gasteiger charge is 2.19. The number of methoxy groups -OCH3 is 4. The van der Waals surface area contributed by atoms with E-state index in [9.17, 15) is 19.2 Å². The van der Waals surface area contributed by atoms with Gasteiger partial charge in [-0.1, -0.05) is 36.4 Å². The molecule has 3 N–H and O–H groups in total. The van der Waals surface area contributed by atoms with Gasteiger partial charge in [0.25, 0.3) is 11.8 Å². The van der Waals surface area contributed by atoms with Gasteiger partial charge in [0, 0.05) is 27.8 Å². The number of thioether (sulfide) groups is 1. The summed E-state index contributed by atoms with van der Waals surface area (Å²) < 4.78 is 21.1. The minimum atomic E-state index is -0.606.